The van der Waals surface area contributed by atoms with Crippen molar-refractivity contribution in [3.8, 4) is 0 Å². The predicted molar refractivity (Wildman–Crippen MR) is 76.7 cm³/mol. The molecule has 0 radical (unpaired) electrons. The lowest BCUT2D eigenvalue weighted by atomic mass is 9.98. The smallest absolute Gasteiger partial charge is 0.335 e. The number of carboxylic acid groups (broad SMARTS) is 1. The summed E-state index contributed by atoms with van der Waals surface area (Å²) in [6, 6.07) is 7.06. The highest BCUT2D eigenvalue weighted by Gasteiger charge is 2.26. The number of carboxylic acids is 1. The molecule has 108 valence electrons. The molecule has 1 N–H and O–H groups in total. The van der Waals surface area contributed by atoms with Crippen LogP contribution in [-0.4, -0.2) is 34.5 Å². The molecule has 0 spiro atoms. The maximum atomic E-state index is 12.4. The largest absolute Gasteiger partial charge is 0.478 e. The predicted octanol–water partition coefficient (Wildman–Crippen LogP) is 2.72. The Morgan fingerprint density at radius 3 is 2.75 bits per heavy atom. The first-order valence-corrected chi connectivity index (χ1v) is 7.24. The van der Waals surface area contributed by atoms with Crippen LogP contribution in [0.1, 0.15) is 48.5 Å². The number of amides is 1. The number of rotatable bonds is 4. The first-order chi connectivity index (χ1) is 9.63. The van der Waals surface area contributed by atoms with Gasteiger partial charge in [-0.25, -0.2) is 4.79 Å². The number of nitrogens with zero attached hydrogens (tertiary/aromatic N) is 1. The molecule has 2 rings (SSSR count). The molecule has 1 saturated heterocycles. The maximum absolute atomic E-state index is 12.4. The molecule has 4 nitrogen and oxygen atoms in total. The number of carbonyl (C=O) groups is 2. The van der Waals surface area contributed by atoms with E-state index < -0.39 is 5.97 Å². The van der Waals surface area contributed by atoms with Gasteiger partial charge in [-0.05, 0) is 37.3 Å². The lowest BCUT2D eigenvalue weighted by Gasteiger charge is -2.35. The third kappa shape index (κ3) is 3.18. The molecular weight excluding hydrogens is 254 g/mol. The SMILES string of the molecule is CCC1CCCCN1C(=O)Cc1ccccc1C(=O)O. The molecule has 0 aromatic heterocycles. The Bertz CT molecular complexity index is 498. The van der Waals surface area contributed by atoms with Crippen molar-refractivity contribution in [2.75, 3.05) is 6.54 Å². The number of benzene rings is 1. The molecule has 1 atom stereocenters. The Labute approximate surface area is 119 Å². The molecule has 1 aliphatic heterocycles. The van der Waals surface area contributed by atoms with Crippen LogP contribution >= 0.6 is 0 Å². The van der Waals surface area contributed by atoms with Gasteiger partial charge in [0, 0.05) is 12.6 Å². The van der Waals surface area contributed by atoms with Crippen LogP contribution < -0.4 is 0 Å². The van der Waals surface area contributed by atoms with Crippen molar-refractivity contribution in [1.82, 2.24) is 4.90 Å². The second-order valence-electron chi connectivity index (χ2n) is 5.28. The average Bonchev–Trinajstić information content (AvgIpc) is 2.47. The number of likely N-dealkylation sites (tertiary alicyclic amines) is 1. The fraction of sp³-hybridized carbons (Fsp3) is 0.500. The first-order valence-electron chi connectivity index (χ1n) is 7.24. The van der Waals surface area contributed by atoms with Crippen LogP contribution in [0.15, 0.2) is 24.3 Å². The van der Waals surface area contributed by atoms with Crippen molar-refractivity contribution in [2.24, 2.45) is 0 Å². The van der Waals surface area contributed by atoms with Crippen molar-refractivity contribution >= 4 is 11.9 Å². The second kappa shape index (κ2) is 6.55. The number of carbonyl (C=O) groups excluding carboxylic acids is 1. The Morgan fingerprint density at radius 1 is 1.30 bits per heavy atom. The van der Waals surface area contributed by atoms with Crippen LogP contribution in [0.2, 0.25) is 0 Å². The van der Waals surface area contributed by atoms with Crippen molar-refractivity contribution < 1.29 is 14.7 Å². The van der Waals surface area contributed by atoms with Gasteiger partial charge in [-0.3, -0.25) is 4.79 Å². The van der Waals surface area contributed by atoms with Gasteiger partial charge in [0.1, 0.15) is 0 Å². The summed E-state index contributed by atoms with van der Waals surface area (Å²) in [6.07, 6.45) is 4.42. The molecule has 1 aliphatic rings. The zero-order valence-electron chi connectivity index (χ0n) is 11.8. The van der Waals surface area contributed by atoms with Gasteiger partial charge in [0.2, 0.25) is 5.91 Å². The highest BCUT2D eigenvalue weighted by Crippen LogP contribution is 2.21. The van der Waals surface area contributed by atoms with Gasteiger partial charge in [0.05, 0.1) is 12.0 Å². The molecule has 1 aromatic rings. The Balaban J connectivity index is 2.13. The standard InChI is InChI=1S/C16H21NO3/c1-2-13-8-5-6-10-17(13)15(18)11-12-7-3-4-9-14(12)16(19)20/h3-4,7,9,13H,2,5-6,8,10-11H2,1H3,(H,19,20). The minimum Gasteiger partial charge on any atom is -0.478 e. The van der Waals surface area contributed by atoms with Gasteiger partial charge in [-0.15, -0.1) is 0 Å². The quantitative estimate of drug-likeness (QED) is 0.919. The third-order valence-electron chi connectivity index (χ3n) is 4.01. The summed E-state index contributed by atoms with van der Waals surface area (Å²) >= 11 is 0. The van der Waals surface area contributed by atoms with Gasteiger partial charge >= 0.3 is 5.97 Å². The normalized spacial score (nSPS) is 18.9. The molecule has 1 aromatic carbocycles. The van der Waals surface area contributed by atoms with E-state index in [1.807, 2.05) is 4.90 Å². The van der Waals surface area contributed by atoms with Gasteiger partial charge < -0.3 is 10.0 Å². The van der Waals surface area contributed by atoms with Gasteiger partial charge in [-0.2, -0.15) is 0 Å². The summed E-state index contributed by atoms with van der Waals surface area (Å²) in [5.74, 6) is -0.927. The van der Waals surface area contributed by atoms with E-state index in [4.69, 9.17) is 5.11 Å². The minimum atomic E-state index is -0.973. The van der Waals surface area contributed by atoms with E-state index in [1.165, 1.54) is 6.42 Å². The van der Waals surface area contributed by atoms with E-state index in [0.717, 1.165) is 25.8 Å². The molecule has 4 heteroatoms. The zero-order chi connectivity index (χ0) is 14.5. The average molecular weight is 275 g/mol. The van der Waals surface area contributed by atoms with Crippen molar-refractivity contribution in [1.29, 1.82) is 0 Å². The summed E-state index contributed by atoms with van der Waals surface area (Å²) in [4.78, 5) is 25.6. The van der Waals surface area contributed by atoms with Crippen LogP contribution in [0.25, 0.3) is 0 Å². The van der Waals surface area contributed by atoms with Crippen molar-refractivity contribution in [2.45, 2.75) is 45.1 Å². The van der Waals surface area contributed by atoms with Crippen LogP contribution in [-0.2, 0) is 11.2 Å². The molecule has 20 heavy (non-hydrogen) atoms. The lowest BCUT2D eigenvalue weighted by molar-refractivity contribution is -0.134. The molecule has 1 unspecified atom stereocenters. The van der Waals surface area contributed by atoms with Crippen LogP contribution in [0, 0.1) is 0 Å². The molecule has 1 amide bonds. The topological polar surface area (TPSA) is 57.6 Å². The van der Waals surface area contributed by atoms with E-state index in [9.17, 15) is 9.59 Å². The fourth-order valence-electron chi connectivity index (χ4n) is 2.90. The minimum absolute atomic E-state index is 0.0465. The van der Waals surface area contributed by atoms with Crippen LogP contribution in [0.3, 0.4) is 0 Å². The summed E-state index contributed by atoms with van der Waals surface area (Å²) < 4.78 is 0. The highest BCUT2D eigenvalue weighted by molar-refractivity contribution is 5.91. The zero-order valence-corrected chi connectivity index (χ0v) is 11.8. The molecule has 1 fully saturated rings. The van der Waals surface area contributed by atoms with E-state index >= 15 is 0 Å². The summed E-state index contributed by atoms with van der Waals surface area (Å²) in [6.45, 7) is 2.90. The van der Waals surface area contributed by atoms with Gasteiger partial charge in [-0.1, -0.05) is 25.1 Å². The highest BCUT2D eigenvalue weighted by atomic mass is 16.4. The summed E-state index contributed by atoms with van der Waals surface area (Å²) in [5, 5.41) is 9.16. The number of piperidine rings is 1. The van der Waals surface area contributed by atoms with Crippen LogP contribution in [0.5, 0.6) is 0 Å². The van der Waals surface area contributed by atoms with Crippen molar-refractivity contribution in [3.63, 3.8) is 0 Å². The molecule has 0 bridgehead atoms. The van der Waals surface area contributed by atoms with Gasteiger partial charge in [0.25, 0.3) is 0 Å². The maximum Gasteiger partial charge on any atom is 0.335 e. The van der Waals surface area contributed by atoms with Crippen molar-refractivity contribution in [3.05, 3.63) is 35.4 Å². The molecule has 0 saturated carbocycles. The number of hydrogen-bond donors (Lipinski definition) is 1. The molecular formula is C16H21NO3. The van der Waals surface area contributed by atoms with E-state index in [-0.39, 0.29) is 17.9 Å². The molecule has 0 aliphatic carbocycles. The lowest BCUT2D eigenvalue weighted by Crippen LogP contribution is -2.44. The monoisotopic (exact) mass is 275 g/mol. The second-order valence-corrected chi connectivity index (χ2v) is 5.28. The summed E-state index contributed by atoms with van der Waals surface area (Å²) in [7, 11) is 0. The number of hydrogen-bond acceptors (Lipinski definition) is 2. The van der Waals surface area contributed by atoms with E-state index in [0.29, 0.717) is 11.6 Å². The summed E-state index contributed by atoms with van der Waals surface area (Å²) in [5.41, 5.74) is 0.830. The van der Waals surface area contributed by atoms with E-state index in [2.05, 4.69) is 6.92 Å². The van der Waals surface area contributed by atoms with Crippen LogP contribution in [0.4, 0.5) is 0 Å². The van der Waals surface area contributed by atoms with E-state index in [1.54, 1.807) is 24.3 Å². The van der Waals surface area contributed by atoms with Gasteiger partial charge in [0.15, 0.2) is 0 Å². The first kappa shape index (κ1) is 14.6. The Kier molecular flexibility index (Phi) is 4.77. The molecule has 1 heterocycles. The number of aromatic carboxylic acids is 1. The Hall–Kier alpha value is -1.84. The fourth-order valence-corrected chi connectivity index (χ4v) is 2.90. The Morgan fingerprint density at radius 2 is 2.05 bits per heavy atom. The third-order valence-corrected chi connectivity index (χ3v) is 4.01.